The average Bonchev–Trinajstić information content (AvgIpc) is 3.18. The molecule has 1 N–H and O–H groups in total. The summed E-state index contributed by atoms with van der Waals surface area (Å²) < 4.78 is 5.00. The van der Waals surface area contributed by atoms with Gasteiger partial charge >= 0.3 is 0 Å². The summed E-state index contributed by atoms with van der Waals surface area (Å²) in [5, 5.41) is 6.95. The summed E-state index contributed by atoms with van der Waals surface area (Å²) in [5.41, 5.74) is 3.03. The molecule has 0 aliphatic heterocycles. The Balaban J connectivity index is 1.75. The minimum Gasteiger partial charge on any atom is -0.472 e. The van der Waals surface area contributed by atoms with Crippen LogP contribution in [0.1, 0.15) is 16.1 Å². The molecule has 0 unspecified atom stereocenters. The van der Waals surface area contributed by atoms with Crippen LogP contribution in [-0.4, -0.2) is 33.0 Å². The summed E-state index contributed by atoms with van der Waals surface area (Å²) >= 11 is 0. The van der Waals surface area contributed by atoms with Gasteiger partial charge in [-0.05, 0) is 24.3 Å². The van der Waals surface area contributed by atoms with Crippen LogP contribution < -0.4 is 0 Å². The number of H-pyrrole nitrogens is 1. The van der Waals surface area contributed by atoms with Crippen LogP contribution >= 0.6 is 0 Å². The molecule has 0 spiro atoms. The van der Waals surface area contributed by atoms with Crippen LogP contribution in [0.15, 0.2) is 53.6 Å². The topological polar surface area (TPSA) is 75.0 Å². The maximum Gasteiger partial charge on any atom is 0.271 e. The molecule has 6 heteroatoms. The van der Waals surface area contributed by atoms with E-state index in [1.54, 1.807) is 42.9 Å². The molecule has 0 aliphatic rings. The summed E-state index contributed by atoms with van der Waals surface area (Å²) in [6.07, 6.45) is 6.59. The number of amides is 1. The standard InChI is InChI=1S/C15H14N4O2/c1-19(9-11-4-7-21-10-11)15(20)14-8-13(17-18-14)12-2-5-16-6-3-12/h2-8,10H,9H2,1H3,(H,17,18). The Bertz CT molecular complexity index is 719. The van der Waals surface area contributed by atoms with E-state index in [0.717, 1.165) is 16.8 Å². The molecule has 0 saturated carbocycles. The highest BCUT2D eigenvalue weighted by molar-refractivity contribution is 5.93. The van der Waals surface area contributed by atoms with Crippen LogP contribution in [0.2, 0.25) is 0 Å². The molecule has 0 aromatic carbocycles. The highest BCUT2D eigenvalue weighted by atomic mass is 16.3. The second-order valence-electron chi connectivity index (χ2n) is 4.70. The Labute approximate surface area is 121 Å². The first-order valence-corrected chi connectivity index (χ1v) is 6.46. The first-order chi connectivity index (χ1) is 10.2. The zero-order valence-corrected chi connectivity index (χ0v) is 11.5. The van der Waals surface area contributed by atoms with Crippen molar-refractivity contribution in [2.45, 2.75) is 6.54 Å². The molecule has 0 atom stereocenters. The number of hydrogen-bond acceptors (Lipinski definition) is 4. The molecule has 0 fully saturated rings. The van der Waals surface area contributed by atoms with Gasteiger partial charge in [-0.2, -0.15) is 5.10 Å². The van der Waals surface area contributed by atoms with E-state index in [2.05, 4.69) is 15.2 Å². The summed E-state index contributed by atoms with van der Waals surface area (Å²) in [7, 11) is 1.74. The smallest absolute Gasteiger partial charge is 0.271 e. The van der Waals surface area contributed by atoms with Crippen LogP contribution in [0.25, 0.3) is 11.3 Å². The van der Waals surface area contributed by atoms with E-state index >= 15 is 0 Å². The number of rotatable bonds is 4. The summed E-state index contributed by atoms with van der Waals surface area (Å²) in [6.45, 7) is 0.485. The van der Waals surface area contributed by atoms with Crippen molar-refractivity contribution in [2.75, 3.05) is 7.05 Å². The summed E-state index contributed by atoms with van der Waals surface area (Å²) in [6, 6.07) is 7.27. The quantitative estimate of drug-likeness (QED) is 0.797. The highest BCUT2D eigenvalue weighted by Crippen LogP contribution is 2.17. The molecule has 0 aliphatic carbocycles. The van der Waals surface area contributed by atoms with Gasteiger partial charge in [0.1, 0.15) is 5.69 Å². The van der Waals surface area contributed by atoms with E-state index < -0.39 is 0 Å². The number of pyridine rings is 1. The van der Waals surface area contributed by atoms with E-state index in [1.165, 1.54) is 0 Å². The van der Waals surface area contributed by atoms with Gasteiger partial charge in [-0.25, -0.2) is 0 Å². The van der Waals surface area contributed by atoms with Gasteiger partial charge in [0, 0.05) is 37.1 Å². The van der Waals surface area contributed by atoms with E-state index in [1.807, 2.05) is 18.2 Å². The molecule has 0 bridgehead atoms. The maximum absolute atomic E-state index is 12.3. The SMILES string of the molecule is CN(Cc1ccoc1)C(=O)c1cc(-c2ccncc2)n[nH]1. The number of furan rings is 1. The number of carbonyl (C=O) groups is 1. The van der Waals surface area contributed by atoms with E-state index in [4.69, 9.17) is 4.42 Å². The highest BCUT2D eigenvalue weighted by Gasteiger charge is 2.16. The Morgan fingerprint density at radius 1 is 1.33 bits per heavy atom. The molecule has 1 amide bonds. The molecule has 0 radical (unpaired) electrons. The molecule has 106 valence electrons. The third kappa shape index (κ3) is 2.84. The molecule has 0 saturated heterocycles. The van der Waals surface area contributed by atoms with Gasteiger partial charge in [-0.1, -0.05) is 0 Å². The van der Waals surface area contributed by atoms with Gasteiger partial charge in [-0.3, -0.25) is 14.9 Å². The van der Waals surface area contributed by atoms with Crippen molar-refractivity contribution < 1.29 is 9.21 Å². The van der Waals surface area contributed by atoms with Crippen LogP contribution in [0.4, 0.5) is 0 Å². The van der Waals surface area contributed by atoms with Crippen molar-refractivity contribution in [3.8, 4) is 11.3 Å². The lowest BCUT2D eigenvalue weighted by molar-refractivity contribution is 0.0779. The minimum atomic E-state index is -0.121. The Kier molecular flexibility index (Phi) is 3.51. The molecule has 21 heavy (non-hydrogen) atoms. The predicted octanol–water partition coefficient (Wildman–Crippen LogP) is 2.34. The predicted molar refractivity (Wildman–Crippen MR) is 76.3 cm³/mol. The molecule has 6 nitrogen and oxygen atoms in total. The Morgan fingerprint density at radius 3 is 2.86 bits per heavy atom. The van der Waals surface area contributed by atoms with Crippen molar-refractivity contribution in [1.29, 1.82) is 0 Å². The lowest BCUT2D eigenvalue weighted by Gasteiger charge is -2.14. The van der Waals surface area contributed by atoms with Crippen molar-refractivity contribution in [3.05, 3.63) is 60.4 Å². The van der Waals surface area contributed by atoms with E-state index in [-0.39, 0.29) is 5.91 Å². The fourth-order valence-corrected chi connectivity index (χ4v) is 2.04. The summed E-state index contributed by atoms with van der Waals surface area (Å²) in [4.78, 5) is 17.9. The molecule has 3 heterocycles. The molecule has 3 aromatic heterocycles. The maximum atomic E-state index is 12.3. The van der Waals surface area contributed by atoms with E-state index in [9.17, 15) is 4.79 Å². The third-order valence-corrected chi connectivity index (χ3v) is 3.13. The minimum absolute atomic E-state index is 0.121. The third-order valence-electron chi connectivity index (χ3n) is 3.13. The Morgan fingerprint density at radius 2 is 2.14 bits per heavy atom. The summed E-state index contributed by atoms with van der Waals surface area (Å²) in [5.74, 6) is -0.121. The van der Waals surface area contributed by atoms with Gasteiger partial charge < -0.3 is 9.32 Å². The number of nitrogens with one attached hydrogen (secondary N) is 1. The molecular weight excluding hydrogens is 268 g/mol. The second-order valence-corrected chi connectivity index (χ2v) is 4.70. The lowest BCUT2D eigenvalue weighted by atomic mass is 10.2. The van der Waals surface area contributed by atoms with Gasteiger partial charge in [0.05, 0.1) is 18.2 Å². The van der Waals surface area contributed by atoms with Crippen molar-refractivity contribution in [3.63, 3.8) is 0 Å². The molecule has 3 aromatic rings. The van der Waals surface area contributed by atoms with Crippen LogP contribution in [0.5, 0.6) is 0 Å². The largest absolute Gasteiger partial charge is 0.472 e. The van der Waals surface area contributed by atoms with Gasteiger partial charge in [0.15, 0.2) is 0 Å². The normalized spacial score (nSPS) is 10.5. The van der Waals surface area contributed by atoms with Crippen molar-refractivity contribution >= 4 is 5.91 Å². The van der Waals surface area contributed by atoms with Gasteiger partial charge in [0.25, 0.3) is 5.91 Å². The molecule has 3 rings (SSSR count). The van der Waals surface area contributed by atoms with Crippen LogP contribution in [0, 0.1) is 0 Å². The number of hydrogen-bond donors (Lipinski definition) is 1. The van der Waals surface area contributed by atoms with Crippen molar-refractivity contribution in [1.82, 2.24) is 20.1 Å². The zero-order valence-electron chi connectivity index (χ0n) is 11.5. The Hall–Kier alpha value is -2.89. The number of aromatic amines is 1. The number of aromatic nitrogens is 3. The fraction of sp³-hybridized carbons (Fsp3) is 0.133. The van der Waals surface area contributed by atoms with Gasteiger partial charge in [-0.15, -0.1) is 0 Å². The van der Waals surface area contributed by atoms with Crippen molar-refractivity contribution in [2.24, 2.45) is 0 Å². The lowest BCUT2D eigenvalue weighted by Crippen LogP contribution is -2.26. The monoisotopic (exact) mass is 282 g/mol. The zero-order chi connectivity index (χ0) is 14.7. The molecular formula is C15H14N4O2. The second kappa shape index (κ2) is 5.62. The van der Waals surface area contributed by atoms with Gasteiger partial charge in [0.2, 0.25) is 0 Å². The fourth-order valence-electron chi connectivity index (χ4n) is 2.04. The van der Waals surface area contributed by atoms with E-state index in [0.29, 0.717) is 12.2 Å². The first-order valence-electron chi connectivity index (χ1n) is 6.46. The number of carbonyl (C=O) groups excluding carboxylic acids is 1. The van der Waals surface area contributed by atoms with Crippen LogP contribution in [-0.2, 0) is 6.54 Å². The first kappa shape index (κ1) is 13.1. The van der Waals surface area contributed by atoms with Crippen LogP contribution in [0.3, 0.4) is 0 Å². The average molecular weight is 282 g/mol. The number of nitrogens with zero attached hydrogens (tertiary/aromatic N) is 3.